The van der Waals surface area contributed by atoms with Crippen LogP contribution in [0, 0.1) is 0 Å². The molecular weight excluding hydrogens is 404 g/mol. The van der Waals surface area contributed by atoms with Gasteiger partial charge in [-0.2, -0.15) is 0 Å². The maximum absolute atomic E-state index is 12.8. The molecule has 0 aliphatic heterocycles. The molecule has 2 aromatic rings. The summed E-state index contributed by atoms with van der Waals surface area (Å²) in [6.45, 7) is 5.85. The minimum absolute atomic E-state index is 0.00948. The molecule has 156 valence electrons. The lowest BCUT2D eigenvalue weighted by Gasteiger charge is -2.18. The minimum Gasteiger partial charge on any atom is -0.348 e. The summed E-state index contributed by atoms with van der Waals surface area (Å²) < 4.78 is 12.1. The number of carbonyl (C=O) groups is 2. The van der Waals surface area contributed by atoms with Gasteiger partial charge in [-0.3, -0.25) is 13.8 Å². The van der Waals surface area contributed by atoms with Crippen LogP contribution in [-0.4, -0.2) is 45.5 Å². The second kappa shape index (κ2) is 10.1. The van der Waals surface area contributed by atoms with Crippen LogP contribution in [0.3, 0.4) is 0 Å². The number of nitrogens with one attached hydrogen (secondary N) is 1. The molecule has 2 aromatic carbocycles. The van der Waals surface area contributed by atoms with Crippen molar-refractivity contribution in [1.82, 2.24) is 4.90 Å². The normalized spacial score (nSPS) is 12.3. The highest BCUT2D eigenvalue weighted by Gasteiger charge is 2.20. The van der Waals surface area contributed by atoms with Gasteiger partial charge in [-0.15, -0.1) is 11.8 Å². The van der Waals surface area contributed by atoms with Crippen molar-refractivity contribution in [2.75, 3.05) is 25.2 Å². The Labute approximate surface area is 179 Å². The highest BCUT2D eigenvalue weighted by molar-refractivity contribution is 8.00. The maximum atomic E-state index is 12.8. The van der Waals surface area contributed by atoms with Crippen molar-refractivity contribution in [1.29, 1.82) is 0 Å². The topological polar surface area (TPSA) is 66.5 Å². The average molecular weight is 433 g/mol. The number of nitrogens with zero attached hydrogens (tertiary/aromatic N) is 1. The number of anilines is 1. The molecule has 0 saturated carbocycles. The number of carbonyl (C=O) groups excluding carboxylic acids is 2. The molecule has 0 aliphatic carbocycles. The van der Waals surface area contributed by atoms with Crippen LogP contribution >= 0.6 is 11.8 Å². The van der Waals surface area contributed by atoms with Gasteiger partial charge >= 0.3 is 0 Å². The van der Waals surface area contributed by atoms with Crippen molar-refractivity contribution >= 4 is 40.1 Å². The Morgan fingerprint density at radius 2 is 1.76 bits per heavy atom. The van der Waals surface area contributed by atoms with Gasteiger partial charge in [-0.25, -0.2) is 0 Å². The molecule has 0 saturated heterocycles. The Balaban J connectivity index is 2.12. The standard InChI is InChI=1S/C22H28N2O3S2/c1-22(2,3)29(27)15-16-9-8-10-17(13-16)23-21(26)18-11-6-7-12-19(18)28-14-20(25)24(4)5/h6-13H,14-15H2,1-5H3,(H,23,26). The number of rotatable bonds is 7. The third-order valence-electron chi connectivity index (χ3n) is 4.15. The molecule has 0 spiro atoms. The van der Waals surface area contributed by atoms with Crippen molar-refractivity contribution in [2.45, 2.75) is 36.2 Å². The zero-order valence-corrected chi connectivity index (χ0v) is 19.2. The maximum Gasteiger partial charge on any atom is 0.256 e. The van der Waals surface area contributed by atoms with E-state index >= 15 is 0 Å². The van der Waals surface area contributed by atoms with E-state index in [1.807, 2.05) is 57.2 Å². The third kappa shape index (κ3) is 7.01. The summed E-state index contributed by atoms with van der Waals surface area (Å²) in [7, 11) is 2.41. The summed E-state index contributed by atoms with van der Waals surface area (Å²) in [6.07, 6.45) is 0. The number of thioether (sulfide) groups is 1. The van der Waals surface area contributed by atoms with Gasteiger partial charge in [0.1, 0.15) is 0 Å². The monoisotopic (exact) mass is 432 g/mol. The Morgan fingerprint density at radius 1 is 1.07 bits per heavy atom. The second-order valence-electron chi connectivity index (χ2n) is 7.83. The molecule has 2 amide bonds. The van der Waals surface area contributed by atoms with E-state index < -0.39 is 10.8 Å². The van der Waals surface area contributed by atoms with E-state index in [0.717, 1.165) is 10.5 Å². The highest BCUT2D eigenvalue weighted by atomic mass is 32.2. The van der Waals surface area contributed by atoms with E-state index in [2.05, 4.69) is 5.32 Å². The average Bonchev–Trinajstić information content (AvgIpc) is 2.65. The fourth-order valence-corrected chi connectivity index (χ4v) is 4.30. The van der Waals surface area contributed by atoms with Gasteiger partial charge < -0.3 is 10.2 Å². The Bertz CT molecular complexity index is 905. The first-order valence-corrected chi connectivity index (χ1v) is 11.6. The largest absolute Gasteiger partial charge is 0.348 e. The summed E-state index contributed by atoms with van der Waals surface area (Å²) >= 11 is 1.34. The highest BCUT2D eigenvalue weighted by Crippen LogP contribution is 2.24. The van der Waals surface area contributed by atoms with Crippen LogP contribution < -0.4 is 5.32 Å². The first kappa shape index (κ1) is 23.2. The summed E-state index contributed by atoms with van der Waals surface area (Å²) in [5.74, 6) is 0.460. The van der Waals surface area contributed by atoms with E-state index in [1.54, 1.807) is 26.2 Å². The molecule has 0 fully saturated rings. The first-order chi connectivity index (χ1) is 13.6. The molecule has 5 nitrogen and oxygen atoms in total. The Hall–Kier alpha value is -2.12. The Kier molecular flexibility index (Phi) is 8.05. The van der Waals surface area contributed by atoms with Gasteiger partial charge in [0.2, 0.25) is 5.91 Å². The zero-order chi connectivity index (χ0) is 21.6. The quantitative estimate of drug-likeness (QED) is 0.667. The van der Waals surface area contributed by atoms with E-state index in [-0.39, 0.29) is 22.3 Å². The molecule has 2 rings (SSSR count). The number of hydrogen-bond acceptors (Lipinski definition) is 4. The first-order valence-electron chi connectivity index (χ1n) is 9.28. The molecule has 1 atom stereocenters. The van der Waals surface area contributed by atoms with Crippen LogP contribution in [0.1, 0.15) is 36.7 Å². The fourth-order valence-electron chi connectivity index (χ4n) is 2.35. The minimum atomic E-state index is -1.01. The molecule has 0 aliphatic rings. The van der Waals surface area contributed by atoms with E-state index in [0.29, 0.717) is 17.0 Å². The van der Waals surface area contributed by atoms with E-state index in [1.165, 1.54) is 16.7 Å². The predicted molar refractivity (Wildman–Crippen MR) is 122 cm³/mol. The van der Waals surface area contributed by atoms with Gasteiger partial charge in [-0.05, 0) is 50.6 Å². The molecule has 29 heavy (non-hydrogen) atoms. The molecule has 0 heterocycles. The van der Waals surface area contributed by atoms with Crippen LogP contribution in [-0.2, 0) is 21.3 Å². The van der Waals surface area contributed by atoms with Crippen LogP contribution in [0.4, 0.5) is 5.69 Å². The molecule has 1 unspecified atom stereocenters. The van der Waals surface area contributed by atoms with Crippen LogP contribution in [0.5, 0.6) is 0 Å². The number of amides is 2. The molecule has 1 N–H and O–H groups in total. The molecule has 7 heteroatoms. The fraction of sp³-hybridized carbons (Fsp3) is 0.364. The predicted octanol–water partition coefficient (Wildman–Crippen LogP) is 4.17. The van der Waals surface area contributed by atoms with Crippen molar-refractivity contribution < 1.29 is 13.8 Å². The van der Waals surface area contributed by atoms with Crippen molar-refractivity contribution in [3.63, 3.8) is 0 Å². The smallest absolute Gasteiger partial charge is 0.256 e. The molecule has 0 radical (unpaired) electrons. The number of benzene rings is 2. The van der Waals surface area contributed by atoms with E-state index in [4.69, 9.17) is 0 Å². The van der Waals surface area contributed by atoms with Gasteiger partial charge in [0, 0.05) is 46.0 Å². The third-order valence-corrected chi connectivity index (χ3v) is 7.17. The molecule has 0 aromatic heterocycles. The van der Waals surface area contributed by atoms with Gasteiger partial charge in [0.05, 0.1) is 11.3 Å². The lowest BCUT2D eigenvalue weighted by Crippen LogP contribution is -2.23. The van der Waals surface area contributed by atoms with Gasteiger partial charge in [-0.1, -0.05) is 24.3 Å². The summed E-state index contributed by atoms with van der Waals surface area (Å²) in [6, 6.07) is 14.7. The zero-order valence-electron chi connectivity index (χ0n) is 17.5. The van der Waals surface area contributed by atoms with Crippen LogP contribution in [0.15, 0.2) is 53.4 Å². The lowest BCUT2D eigenvalue weighted by atomic mass is 10.2. The van der Waals surface area contributed by atoms with Gasteiger partial charge in [0.25, 0.3) is 5.91 Å². The Morgan fingerprint density at radius 3 is 2.41 bits per heavy atom. The van der Waals surface area contributed by atoms with Crippen molar-refractivity contribution in [2.24, 2.45) is 0 Å². The summed E-state index contributed by atoms with van der Waals surface area (Å²) in [5, 5.41) is 2.91. The van der Waals surface area contributed by atoms with Crippen LogP contribution in [0.2, 0.25) is 0 Å². The SMILES string of the molecule is CN(C)C(=O)CSc1ccccc1C(=O)Nc1cccc(CS(=O)C(C)(C)C)c1. The summed E-state index contributed by atoms with van der Waals surface area (Å²) in [4.78, 5) is 27.0. The van der Waals surface area contributed by atoms with Crippen LogP contribution in [0.25, 0.3) is 0 Å². The number of hydrogen-bond donors (Lipinski definition) is 1. The second-order valence-corrected chi connectivity index (χ2v) is 11.1. The lowest BCUT2D eigenvalue weighted by molar-refractivity contribution is -0.125. The molecule has 0 bridgehead atoms. The van der Waals surface area contributed by atoms with Gasteiger partial charge in [0.15, 0.2) is 0 Å². The molecular formula is C22H28N2O3S2. The van der Waals surface area contributed by atoms with Crippen molar-refractivity contribution in [3.05, 3.63) is 59.7 Å². The summed E-state index contributed by atoms with van der Waals surface area (Å²) in [5.41, 5.74) is 2.09. The van der Waals surface area contributed by atoms with E-state index in [9.17, 15) is 13.8 Å². The van der Waals surface area contributed by atoms with Crippen molar-refractivity contribution in [3.8, 4) is 0 Å².